The molecule has 2 aliphatic rings. The number of carboxylic acids is 1. The van der Waals surface area contributed by atoms with Gasteiger partial charge in [-0.1, -0.05) is 12.1 Å². The standard InChI is InChI=1S/C17H15N3O4/c21-13(7-10-1-3-11(4-2-10)17(23)24)6-5-12-8-18-15-14(12)19-9-20-16(15)22/h1-4,8-9,15H,5-7H2,(H,23,24)(H,19,20,22). The minimum absolute atomic E-state index is 0.0345. The van der Waals surface area contributed by atoms with Gasteiger partial charge in [0, 0.05) is 19.1 Å². The fraction of sp³-hybridized carbons (Fsp3) is 0.235. The van der Waals surface area contributed by atoms with Gasteiger partial charge in [-0.2, -0.15) is 0 Å². The molecule has 1 aromatic rings. The maximum atomic E-state index is 12.1. The van der Waals surface area contributed by atoms with Crippen LogP contribution >= 0.6 is 0 Å². The monoisotopic (exact) mass is 325 g/mol. The van der Waals surface area contributed by atoms with Crippen LogP contribution in [0.3, 0.4) is 0 Å². The number of ketones is 1. The van der Waals surface area contributed by atoms with Crippen LogP contribution in [0.2, 0.25) is 0 Å². The number of hydrogen-bond acceptors (Lipinski definition) is 5. The van der Waals surface area contributed by atoms with E-state index >= 15 is 0 Å². The Hall–Kier alpha value is -3.09. The molecule has 0 saturated heterocycles. The van der Waals surface area contributed by atoms with E-state index in [1.165, 1.54) is 18.5 Å². The first-order valence-corrected chi connectivity index (χ1v) is 7.47. The second-order valence-corrected chi connectivity index (χ2v) is 5.58. The van der Waals surface area contributed by atoms with Gasteiger partial charge < -0.3 is 10.4 Å². The summed E-state index contributed by atoms with van der Waals surface area (Å²) in [7, 11) is 0. The van der Waals surface area contributed by atoms with Gasteiger partial charge in [-0.15, -0.1) is 0 Å². The first-order chi connectivity index (χ1) is 11.5. The Balaban J connectivity index is 1.58. The minimum Gasteiger partial charge on any atom is -0.478 e. The van der Waals surface area contributed by atoms with Crippen molar-refractivity contribution in [2.45, 2.75) is 25.3 Å². The Labute approximate surface area is 137 Å². The van der Waals surface area contributed by atoms with Crippen LogP contribution < -0.4 is 5.32 Å². The van der Waals surface area contributed by atoms with Crippen LogP contribution in [0.25, 0.3) is 0 Å². The number of nitrogens with zero attached hydrogens (tertiary/aromatic N) is 2. The fourth-order valence-corrected chi connectivity index (χ4v) is 2.61. The molecule has 1 amide bonds. The summed E-state index contributed by atoms with van der Waals surface area (Å²) in [5.41, 5.74) is 2.38. The first kappa shape index (κ1) is 15.8. The molecule has 7 heteroatoms. The lowest BCUT2D eigenvalue weighted by Crippen LogP contribution is -2.36. The molecule has 0 fully saturated rings. The number of allylic oxidation sites excluding steroid dienone is 1. The van der Waals surface area contributed by atoms with Gasteiger partial charge in [0.25, 0.3) is 5.91 Å². The highest BCUT2D eigenvalue weighted by atomic mass is 16.4. The summed E-state index contributed by atoms with van der Waals surface area (Å²) in [6.45, 7) is 0. The topological polar surface area (TPSA) is 108 Å². The highest BCUT2D eigenvalue weighted by molar-refractivity contribution is 6.02. The molecule has 0 radical (unpaired) electrons. The van der Waals surface area contributed by atoms with Crippen LogP contribution in [0.5, 0.6) is 0 Å². The predicted molar refractivity (Wildman–Crippen MR) is 87.3 cm³/mol. The molecule has 7 nitrogen and oxygen atoms in total. The second kappa shape index (κ2) is 6.57. The third-order valence-corrected chi connectivity index (χ3v) is 3.90. The lowest BCUT2D eigenvalue weighted by molar-refractivity contribution is -0.120. The maximum Gasteiger partial charge on any atom is 0.335 e. The zero-order valence-electron chi connectivity index (χ0n) is 12.7. The van der Waals surface area contributed by atoms with Crippen molar-refractivity contribution in [1.82, 2.24) is 5.32 Å². The van der Waals surface area contributed by atoms with Crippen molar-refractivity contribution in [3.8, 4) is 0 Å². The largest absolute Gasteiger partial charge is 0.478 e. The smallest absolute Gasteiger partial charge is 0.335 e. The lowest BCUT2D eigenvalue weighted by atomic mass is 10.0. The van der Waals surface area contributed by atoms with Gasteiger partial charge in [0.15, 0.2) is 6.04 Å². The van der Waals surface area contributed by atoms with Gasteiger partial charge >= 0.3 is 5.97 Å². The summed E-state index contributed by atoms with van der Waals surface area (Å²) < 4.78 is 0. The summed E-state index contributed by atoms with van der Waals surface area (Å²) in [6.07, 6.45) is 3.99. The van der Waals surface area contributed by atoms with E-state index in [9.17, 15) is 14.4 Å². The van der Waals surface area contributed by atoms with Gasteiger partial charge in [0.2, 0.25) is 0 Å². The number of hydrogen-bond donors (Lipinski definition) is 2. The normalized spacial score (nSPS) is 18.5. The van der Waals surface area contributed by atoms with Crippen LogP contribution in [-0.4, -0.2) is 41.4 Å². The fourth-order valence-electron chi connectivity index (χ4n) is 2.61. The molecule has 2 heterocycles. The highest BCUT2D eigenvalue weighted by Crippen LogP contribution is 2.24. The van der Waals surface area contributed by atoms with Crippen molar-refractivity contribution in [1.29, 1.82) is 0 Å². The van der Waals surface area contributed by atoms with Gasteiger partial charge in [-0.3, -0.25) is 14.6 Å². The maximum absolute atomic E-state index is 12.1. The Bertz CT molecular complexity index is 791. The molecule has 122 valence electrons. The van der Waals surface area contributed by atoms with E-state index in [1.54, 1.807) is 18.3 Å². The van der Waals surface area contributed by atoms with Gasteiger partial charge in [0.1, 0.15) is 5.78 Å². The Kier molecular flexibility index (Phi) is 4.33. The quantitative estimate of drug-likeness (QED) is 0.817. The number of amides is 1. The molecule has 1 aromatic carbocycles. The molecule has 0 aliphatic carbocycles. The summed E-state index contributed by atoms with van der Waals surface area (Å²) in [4.78, 5) is 42.8. The van der Waals surface area contributed by atoms with Crippen LogP contribution in [0.4, 0.5) is 0 Å². The van der Waals surface area contributed by atoms with Crippen molar-refractivity contribution in [2.75, 3.05) is 0 Å². The van der Waals surface area contributed by atoms with Crippen molar-refractivity contribution in [3.63, 3.8) is 0 Å². The predicted octanol–water partition coefficient (Wildman–Crippen LogP) is 1.14. The zero-order valence-corrected chi connectivity index (χ0v) is 12.7. The Morgan fingerprint density at radius 2 is 1.96 bits per heavy atom. The molecule has 0 aromatic heterocycles. The molecular formula is C17H15N3O4. The second-order valence-electron chi connectivity index (χ2n) is 5.58. The lowest BCUT2D eigenvalue weighted by Gasteiger charge is -2.13. The number of fused-ring (bicyclic) bond motifs is 1. The number of aliphatic imine (C=N–C) groups is 2. The summed E-state index contributed by atoms with van der Waals surface area (Å²) in [5, 5.41) is 11.3. The number of rotatable bonds is 6. The third kappa shape index (κ3) is 3.29. The summed E-state index contributed by atoms with van der Waals surface area (Å²) >= 11 is 0. The van der Waals surface area contributed by atoms with Crippen molar-refractivity contribution >= 4 is 30.2 Å². The molecule has 3 rings (SSSR count). The van der Waals surface area contributed by atoms with E-state index in [1.807, 2.05) is 0 Å². The molecule has 2 aliphatic heterocycles. The molecule has 1 atom stereocenters. The Morgan fingerprint density at radius 1 is 1.21 bits per heavy atom. The molecule has 24 heavy (non-hydrogen) atoms. The zero-order chi connectivity index (χ0) is 17.1. The van der Waals surface area contributed by atoms with Crippen LogP contribution in [0.15, 0.2) is 45.5 Å². The number of carbonyl (C=O) groups excluding carboxylic acids is 2. The minimum atomic E-state index is -0.992. The van der Waals surface area contributed by atoms with Crippen LogP contribution in [-0.2, 0) is 16.0 Å². The number of carboxylic acid groups (broad SMARTS) is 1. The van der Waals surface area contributed by atoms with Gasteiger partial charge in [-0.05, 0) is 29.7 Å². The van der Waals surface area contributed by atoms with Gasteiger partial charge in [-0.25, -0.2) is 9.79 Å². The van der Waals surface area contributed by atoms with Crippen molar-refractivity contribution < 1.29 is 19.5 Å². The average molecular weight is 325 g/mol. The van der Waals surface area contributed by atoms with E-state index < -0.39 is 12.0 Å². The van der Waals surface area contributed by atoms with E-state index in [4.69, 9.17) is 5.11 Å². The molecule has 0 saturated carbocycles. The van der Waals surface area contributed by atoms with Crippen LogP contribution in [0.1, 0.15) is 28.8 Å². The molecule has 0 bridgehead atoms. The van der Waals surface area contributed by atoms with E-state index in [2.05, 4.69) is 15.3 Å². The van der Waals surface area contributed by atoms with Gasteiger partial charge in [0.05, 0.1) is 17.6 Å². The summed E-state index contributed by atoms with van der Waals surface area (Å²) in [5.74, 6) is -1.17. The van der Waals surface area contributed by atoms with Crippen LogP contribution in [0, 0.1) is 0 Å². The molecular weight excluding hydrogens is 310 g/mol. The van der Waals surface area contributed by atoms with Crippen molar-refractivity contribution in [3.05, 3.63) is 46.7 Å². The number of carbonyl (C=O) groups is 3. The number of benzene rings is 1. The first-order valence-electron chi connectivity index (χ1n) is 7.47. The van der Waals surface area contributed by atoms with E-state index in [0.29, 0.717) is 18.5 Å². The number of nitrogens with one attached hydrogen (secondary N) is 1. The number of aromatic carboxylic acids is 1. The SMILES string of the molecule is O=C(CCC1=C2N=CNC(=O)C2N=C1)Cc1ccc(C(=O)O)cc1. The average Bonchev–Trinajstić information content (AvgIpc) is 2.98. The highest BCUT2D eigenvalue weighted by Gasteiger charge is 2.30. The molecule has 2 N–H and O–H groups in total. The number of Topliss-reactive ketones (excluding diaryl/α,β-unsaturated/α-hetero) is 1. The molecule has 0 spiro atoms. The third-order valence-electron chi connectivity index (χ3n) is 3.90. The molecule has 1 unspecified atom stereocenters. The van der Waals surface area contributed by atoms with Crippen molar-refractivity contribution in [2.24, 2.45) is 9.98 Å². The Morgan fingerprint density at radius 3 is 2.67 bits per heavy atom. The van der Waals surface area contributed by atoms with E-state index in [0.717, 1.165) is 11.1 Å². The summed E-state index contributed by atoms with van der Waals surface area (Å²) in [6, 6.07) is 5.67. The van der Waals surface area contributed by atoms with E-state index in [-0.39, 0.29) is 23.7 Å².